The maximum atomic E-state index is 13.2. The third-order valence-corrected chi connectivity index (χ3v) is 9.02. The average Bonchev–Trinajstić information content (AvgIpc) is 3.02. The minimum absolute atomic E-state index is 0.0553. The zero-order valence-corrected chi connectivity index (χ0v) is 19.5. The Morgan fingerprint density at radius 3 is 2.47 bits per heavy atom. The van der Waals surface area contributed by atoms with E-state index in [1.807, 2.05) is 5.38 Å². The van der Waals surface area contributed by atoms with E-state index in [0.29, 0.717) is 11.7 Å². The fraction of sp³-hybridized carbons (Fsp3) is 0.682. The number of carbonyl (C=O) groups is 2. The zero-order chi connectivity index (χ0) is 20.7. The molecule has 162 valence electrons. The van der Waals surface area contributed by atoms with Crippen molar-refractivity contribution in [1.29, 1.82) is 0 Å². The van der Waals surface area contributed by atoms with Gasteiger partial charge in [0, 0.05) is 11.9 Å². The van der Waals surface area contributed by atoms with E-state index >= 15 is 0 Å². The third-order valence-electron chi connectivity index (χ3n) is 7.55. The Hall–Kier alpha value is -1.25. The molecule has 1 aromatic heterocycles. The van der Waals surface area contributed by atoms with Crippen molar-refractivity contribution in [3.8, 4) is 0 Å². The standard InChI is InChI=1S/C22H29BrN4O2S/c23-16-13-30-21(25-16)26-20(29)18-15-6-5-14(22(15)7-8-22)17(18)19(28)24-9-1-2-10-27-11-3-4-12-27/h5-6,13-15,17-18H,1-4,7-12H2,(H,24,28)(H,25,26,29)/t14-,15+,17-,18-/m1/s1. The van der Waals surface area contributed by atoms with E-state index in [4.69, 9.17) is 0 Å². The predicted octanol–water partition coefficient (Wildman–Crippen LogP) is 3.66. The highest BCUT2D eigenvalue weighted by molar-refractivity contribution is 9.10. The Balaban J connectivity index is 1.20. The Kier molecular flexibility index (Phi) is 5.75. The molecule has 1 aromatic rings. The molecular weight excluding hydrogens is 464 g/mol. The lowest BCUT2D eigenvalue weighted by Crippen LogP contribution is -2.42. The molecule has 1 aliphatic heterocycles. The van der Waals surface area contributed by atoms with Crippen LogP contribution in [0, 0.1) is 29.1 Å². The van der Waals surface area contributed by atoms with E-state index in [1.54, 1.807) is 0 Å². The van der Waals surface area contributed by atoms with Crippen LogP contribution in [0.4, 0.5) is 5.13 Å². The number of halogens is 1. The highest BCUT2D eigenvalue weighted by atomic mass is 79.9. The summed E-state index contributed by atoms with van der Waals surface area (Å²) in [5, 5.41) is 8.57. The minimum atomic E-state index is -0.297. The number of aromatic nitrogens is 1. The molecule has 2 N–H and O–H groups in total. The summed E-state index contributed by atoms with van der Waals surface area (Å²) < 4.78 is 0.720. The number of hydrogen-bond donors (Lipinski definition) is 2. The number of hydrogen-bond acceptors (Lipinski definition) is 5. The number of carbonyl (C=O) groups excluding carboxylic acids is 2. The van der Waals surface area contributed by atoms with Crippen LogP contribution < -0.4 is 10.6 Å². The molecule has 2 heterocycles. The summed E-state index contributed by atoms with van der Waals surface area (Å²) in [6, 6.07) is 0. The molecule has 3 fully saturated rings. The van der Waals surface area contributed by atoms with E-state index in [-0.39, 0.29) is 40.9 Å². The van der Waals surface area contributed by atoms with Gasteiger partial charge in [-0.3, -0.25) is 9.59 Å². The smallest absolute Gasteiger partial charge is 0.230 e. The molecule has 5 rings (SSSR count). The molecule has 4 aliphatic rings. The zero-order valence-electron chi connectivity index (χ0n) is 17.1. The van der Waals surface area contributed by atoms with E-state index in [9.17, 15) is 9.59 Å². The van der Waals surface area contributed by atoms with E-state index in [2.05, 4.69) is 48.6 Å². The van der Waals surface area contributed by atoms with Gasteiger partial charge in [-0.05, 0) is 91.3 Å². The number of likely N-dealkylation sites (tertiary alicyclic amines) is 1. The molecule has 30 heavy (non-hydrogen) atoms. The van der Waals surface area contributed by atoms with Crippen molar-refractivity contribution in [2.45, 2.75) is 38.5 Å². The normalized spacial score (nSPS) is 30.8. The fourth-order valence-electron chi connectivity index (χ4n) is 6.01. The van der Waals surface area contributed by atoms with Crippen LogP contribution in [0.3, 0.4) is 0 Å². The molecular formula is C22H29BrN4O2S. The minimum Gasteiger partial charge on any atom is -0.356 e. The van der Waals surface area contributed by atoms with E-state index < -0.39 is 0 Å². The molecule has 2 amide bonds. The third kappa shape index (κ3) is 3.75. The lowest BCUT2D eigenvalue weighted by atomic mass is 9.81. The van der Waals surface area contributed by atoms with Gasteiger partial charge in [0.15, 0.2) is 5.13 Å². The Morgan fingerprint density at radius 1 is 1.13 bits per heavy atom. The lowest BCUT2D eigenvalue weighted by molar-refractivity contribution is -0.132. The number of nitrogens with one attached hydrogen (secondary N) is 2. The molecule has 0 radical (unpaired) electrons. The number of unbranched alkanes of at least 4 members (excludes halogenated alkanes) is 1. The molecule has 2 bridgehead atoms. The first-order chi connectivity index (χ1) is 14.6. The number of allylic oxidation sites excluding steroid dienone is 2. The van der Waals surface area contributed by atoms with Gasteiger partial charge >= 0.3 is 0 Å². The highest BCUT2D eigenvalue weighted by Crippen LogP contribution is 2.72. The van der Waals surface area contributed by atoms with Gasteiger partial charge in [0.05, 0.1) is 11.8 Å². The van der Waals surface area contributed by atoms with Crippen molar-refractivity contribution in [1.82, 2.24) is 15.2 Å². The van der Waals surface area contributed by atoms with Gasteiger partial charge in [0.25, 0.3) is 0 Å². The SMILES string of the molecule is O=C(NCCCCN1CCCC1)[C@H]1[C@H](C(=O)Nc2nc(Br)cs2)[C@@H]2C=C[C@H]1C21CC1. The Bertz CT molecular complexity index is 846. The van der Waals surface area contributed by atoms with Gasteiger partial charge in [-0.2, -0.15) is 0 Å². The summed E-state index contributed by atoms with van der Waals surface area (Å²) in [6.07, 6.45) is 11.4. The quantitative estimate of drug-likeness (QED) is 0.428. The topological polar surface area (TPSA) is 74.3 Å². The number of rotatable bonds is 8. The van der Waals surface area contributed by atoms with Crippen molar-refractivity contribution in [3.63, 3.8) is 0 Å². The summed E-state index contributed by atoms with van der Waals surface area (Å²) in [5.74, 6) is -0.184. The van der Waals surface area contributed by atoms with Crippen molar-refractivity contribution >= 4 is 44.2 Å². The van der Waals surface area contributed by atoms with Crippen LogP contribution in [0.5, 0.6) is 0 Å². The van der Waals surface area contributed by atoms with Crippen molar-refractivity contribution in [2.75, 3.05) is 31.5 Å². The van der Waals surface area contributed by atoms with Crippen LogP contribution >= 0.6 is 27.3 Å². The van der Waals surface area contributed by atoms with Crippen molar-refractivity contribution in [3.05, 3.63) is 22.1 Å². The molecule has 4 atom stereocenters. The van der Waals surface area contributed by atoms with Crippen LogP contribution in [0.1, 0.15) is 38.5 Å². The van der Waals surface area contributed by atoms with Crippen LogP contribution in [0.15, 0.2) is 22.1 Å². The number of nitrogens with zero attached hydrogens (tertiary/aromatic N) is 2. The van der Waals surface area contributed by atoms with Crippen LogP contribution in [-0.2, 0) is 9.59 Å². The maximum absolute atomic E-state index is 13.2. The number of amides is 2. The van der Waals surface area contributed by atoms with E-state index in [0.717, 1.165) is 36.8 Å². The first kappa shape index (κ1) is 20.6. The molecule has 8 heteroatoms. The molecule has 0 aromatic carbocycles. The van der Waals surface area contributed by atoms with Crippen LogP contribution in [0.2, 0.25) is 0 Å². The van der Waals surface area contributed by atoms with Gasteiger partial charge in [0.1, 0.15) is 4.60 Å². The van der Waals surface area contributed by atoms with Gasteiger partial charge in [-0.15, -0.1) is 11.3 Å². The fourth-order valence-corrected chi connectivity index (χ4v) is 7.15. The second kappa shape index (κ2) is 8.36. The summed E-state index contributed by atoms with van der Waals surface area (Å²) in [5.41, 5.74) is 0.156. The first-order valence-corrected chi connectivity index (χ1v) is 12.9. The molecule has 1 saturated heterocycles. The summed E-state index contributed by atoms with van der Waals surface area (Å²) in [7, 11) is 0. The van der Waals surface area contributed by atoms with Gasteiger partial charge in [0.2, 0.25) is 11.8 Å². The molecule has 0 unspecified atom stereocenters. The summed E-state index contributed by atoms with van der Waals surface area (Å²) >= 11 is 4.73. The Morgan fingerprint density at radius 2 is 1.83 bits per heavy atom. The van der Waals surface area contributed by atoms with Crippen LogP contribution in [-0.4, -0.2) is 47.9 Å². The average molecular weight is 493 g/mol. The summed E-state index contributed by atoms with van der Waals surface area (Å²) in [6.45, 7) is 4.27. The predicted molar refractivity (Wildman–Crippen MR) is 121 cm³/mol. The second-order valence-electron chi connectivity index (χ2n) is 9.23. The van der Waals surface area contributed by atoms with Gasteiger partial charge < -0.3 is 15.5 Å². The van der Waals surface area contributed by atoms with Gasteiger partial charge in [-0.1, -0.05) is 12.2 Å². The molecule has 6 nitrogen and oxygen atoms in total. The number of anilines is 1. The Labute approximate surface area is 190 Å². The molecule has 3 aliphatic carbocycles. The first-order valence-electron chi connectivity index (χ1n) is 11.2. The maximum Gasteiger partial charge on any atom is 0.230 e. The van der Waals surface area contributed by atoms with Crippen molar-refractivity contribution in [2.24, 2.45) is 29.1 Å². The largest absolute Gasteiger partial charge is 0.356 e. The van der Waals surface area contributed by atoms with Crippen LogP contribution in [0.25, 0.3) is 0 Å². The number of thiazole rings is 1. The highest BCUT2D eigenvalue weighted by Gasteiger charge is 2.69. The van der Waals surface area contributed by atoms with Gasteiger partial charge in [-0.25, -0.2) is 4.98 Å². The van der Waals surface area contributed by atoms with E-state index in [1.165, 1.54) is 37.3 Å². The molecule has 1 spiro atoms. The molecule has 2 saturated carbocycles. The summed E-state index contributed by atoms with van der Waals surface area (Å²) in [4.78, 5) is 33.2. The lowest BCUT2D eigenvalue weighted by Gasteiger charge is -2.26. The van der Waals surface area contributed by atoms with Crippen molar-refractivity contribution < 1.29 is 9.59 Å². The monoisotopic (exact) mass is 492 g/mol. The second-order valence-corrected chi connectivity index (χ2v) is 10.9.